The van der Waals surface area contributed by atoms with E-state index in [1.54, 1.807) is 42.5 Å². The summed E-state index contributed by atoms with van der Waals surface area (Å²) in [5.41, 5.74) is 1.93. The van der Waals surface area contributed by atoms with Crippen LogP contribution in [0.5, 0.6) is 5.75 Å². The summed E-state index contributed by atoms with van der Waals surface area (Å²) in [5, 5.41) is 2.68. The van der Waals surface area contributed by atoms with E-state index in [1.807, 2.05) is 54.6 Å². The first-order valence-corrected chi connectivity index (χ1v) is 15.5. The van der Waals surface area contributed by atoms with Crippen LogP contribution >= 0.6 is 15.9 Å². The maximum absolute atomic E-state index is 14.3. The van der Waals surface area contributed by atoms with Gasteiger partial charge in [-0.3, -0.25) is 13.9 Å². The molecule has 0 saturated carbocycles. The van der Waals surface area contributed by atoms with E-state index in [2.05, 4.69) is 21.2 Å². The van der Waals surface area contributed by atoms with Crippen LogP contribution in [-0.2, 0) is 32.6 Å². The molecule has 0 aliphatic carbocycles. The lowest BCUT2D eigenvalue weighted by molar-refractivity contribution is -0.139. The van der Waals surface area contributed by atoms with Crippen LogP contribution in [-0.4, -0.2) is 51.9 Å². The molecular formula is C32H32BrN3O5S. The van der Waals surface area contributed by atoms with E-state index in [9.17, 15) is 18.0 Å². The number of carbonyl (C=O) groups excluding carboxylic acids is 2. The summed E-state index contributed by atoms with van der Waals surface area (Å²) in [6, 6.07) is 30.3. The monoisotopic (exact) mass is 649 g/mol. The van der Waals surface area contributed by atoms with Crippen molar-refractivity contribution in [3.63, 3.8) is 0 Å². The summed E-state index contributed by atoms with van der Waals surface area (Å²) < 4.78 is 35.0. The standard InChI is InChI=1S/C32H32BrN3O5S/c1-34-32(38)30(21-24-10-5-3-6-11-24)35(22-25-12-9-13-26(33)20-25)31(37)23-36(27-16-18-28(41-2)19-17-27)42(39,40)29-14-7-4-8-15-29/h3-20,30H,21-23H2,1-2H3,(H,34,38). The number of likely N-dealkylation sites (N-methyl/N-ethyl adjacent to an activating group) is 1. The number of methoxy groups -OCH3 is 1. The molecule has 8 nitrogen and oxygen atoms in total. The number of benzene rings is 4. The smallest absolute Gasteiger partial charge is 0.264 e. The van der Waals surface area contributed by atoms with Crippen LogP contribution in [0.15, 0.2) is 119 Å². The Bertz CT molecular complexity index is 1600. The van der Waals surface area contributed by atoms with Crippen LogP contribution in [0, 0.1) is 0 Å². The lowest BCUT2D eigenvalue weighted by atomic mass is 10.0. The molecule has 10 heteroatoms. The Morgan fingerprint density at radius 1 is 0.857 bits per heavy atom. The first-order valence-electron chi connectivity index (χ1n) is 13.2. The largest absolute Gasteiger partial charge is 0.497 e. The van der Waals surface area contributed by atoms with Crippen molar-refractivity contribution < 1.29 is 22.7 Å². The maximum atomic E-state index is 14.3. The summed E-state index contributed by atoms with van der Waals surface area (Å²) in [6.07, 6.45) is 0.244. The molecule has 1 unspecified atom stereocenters. The molecule has 42 heavy (non-hydrogen) atoms. The van der Waals surface area contributed by atoms with Gasteiger partial charge in [-0.1, -0.05) is 76.6 Å². The third-order valence-corrected chi connectivity index (χ3v) is 9.01. The van der Waals surface area contributed by atoms with E-state index in [1.165, 1.54) is 31.2 Å². The van der Waals surface area contributed by atoms with E-state index >= 15 is 0 Å². The zero-order valence-electron chi connectivity index (χ0n) is 23.3. The van der Waals surface area contributed by atoms with Crippen molar-refractivity contribution in [2.75, 3.05) is 25.0 Å². The minimum absolute atomic E-state index is 0.0410. The third kappa shape index (κ3) is 7.57. The lowest BCUT2D eigenvalue weighted by Gasteiger charge is -2.33. The van der Waals surface area contributed by atoms with E-state index in [4.69, 9.17) is 4.74 Å². The first-order chi connectivity index (χ1) is 20.2. The Kier molecular flexibility index (Phi) is 10.4. The molecule has 0 aliphatic rings. The third-order valence-electron chi connectivity index (χ3n) is 6.73. The van der Waals surface area contributed by atoms with E-state index in [0.29, 0.717) is 5.75 Å². The Balaban J connectivity index is 1.78. The lowest BCUT2D eigenvalue weighted by Crippen LogP contribution is -2.53. The number of carbonyl (C=O) groups is 2. The minimum atomic E-state index is -4.16. The van der Waals surface area contributed by atoms with Crippen molar-refractivity contribution in [3.8, 4) is 5.75 Å². The second kappa shape index (κ2) is 14.2. The number of sulfonamides is 1. The second-order valence-corrected chi connectivity index (χ2v) is 12.3. The predicted molar refractivity (Wildman–Crippen MR) is 167 cm³/mol. The molecule has 0 spiro atoms. The number of ether oxygens (including phenoxy) is 1. The van der Waals surface area contributed by atoms with Gasteiger partial charge in [0, 0.05) is 24.5 Å². The van der Waals surface area contributed by atoms with Gasteiger partial charge in [0.25, 0.3) is 10.0 Å². The highest BCUT2D eigenvalue weighted by Crippen LogP contribution is 2.27. The highest BCUT2D eigenvalue weighted by molar-refractivity contribution is 9.10. The molecule has 4 rings (SSSR count). The summed E-state index contributed by atoms with van der Waals surface area (Å²) in [5.74, 6) is -0.347. The second-order valence-electron chi connectivity index (χ2n) is 9.49. The van der Waals surface area contributed by atoms with Gasteiger partial charge in [-0.25, -0.2) is 8.42 Å². The number of halogens is 1. The zero-order chi connectivity index (χ0) is 30.1. The molecular weight excluding hydrogens is 618 g/mol. The summed E-state index contributed by atoms with van der Waals surface area (Å²) in [7, 11) is -1.12. The zero-order valence-corrected chi connectivity index (χ0v) is 25.7. The van der Waals surface area contributed by atoms with Crippen molar-refractivity contribution >= 4 is 43.5 Å². The quantitative estimate of drug-likeness (QED) is 0.232. The van der Waals surface area contributed by atoms with E-state index < -0.39 is 28.5 Å². The van der Waals surface area contributed by atoms with Crippen LogP contribution in [0.2, 0.25) is 0 Å². The van der Waals surface area contributed by atoms with E-state index in [0.717, 1.165) is 19.9 Å². The van der Waals surface area contributed by atoms with Crippen LogP contribution in [0.3, 0.4) is 0 Å². The van der Waals surface area contributed by atoms with Crippen molar-refractivity contribution in [3.05, 3.63) is 125 Å². The summed E-state index contributed by atoms with van der Waals surface area (Å²) in [4.78, 5) is 29.1. The van der Waals surface area contributed by atoms with Gasteiger partial charge in [0.05, 0.1) is 17.7 Å². The molecule has 0 fully saturated rings. The molecule has 0 aliphatic heterocycles. The number of hydrogen-bond donors (Lipinski definition) is 1. The van der Waals surface area contributed by atoms with Gasteiger partial charge in [-0.2, -0.15) is 0 Å². The molecule has 0 aromatic heterocycles. The Labute approximate surface area is 255 Å². The fraction of sp³-hybridized carbons (Fsp3) is 0.188. The van der Waals surface area contributed by atoms with Gasteiger partial charge >= 0.3 is 0 Å². The molecule has 218 valence electrons. The Morgan fingerprint density at radius 3 is 2.07 bits per heavy atom. The average Bonchev–Trinajstić information content (AvgIpc) is 3.02. The fourth-order valence-electron chi connectivity index (χ4n) is 4.55. The number of anilines is 1. The molecule has 1 atom stereocenters. The average molecular weight is 651 g/mol. The van der Waals surface area contributed by atoms with Crippen molar-refractivity contribution in [1.82, 2.24) is 10.2 Å². The van der Waals surface area contributed by atoms with Crippen molar-refractivity contribution in [1.29, 1.82) is 0 Å². The van der Waals surface area contributed by atoms with Gasteiger partial charge in [-0.15, -0.1) is 0 Å². The minimum Gasteiger partial charge on any atom is -0.497 e. The fourth-order valence-corrected chi connectivity index (χ4v) is 6.43. The normalized spacial score (nSPS) is 11.8. The van der Waals surface area contributed by atoms with Crippen LogP contribution in [0.1, 0.15) is 11.1 Å². The molecule has 4 aromatic carbocycles. The molecule has 0 radical (unpaired) electrons. The highest BCUT2D eigenvalue weighted by Gasteiger charge is 2.34. The maximum Gasteiger partial charge on any atom is 0.264 e. The number of amides is 2. The van der Waals surface area contributed by atoms with Gasteiger partial charge in [0.15, 0.2) is 0 Å². The van der Waals surface area contributed by atoms with Gasteiger partial charge in [0.2, 0.25) is 11.8 Å². The highest BCUT2D eigenvalue weighted by atomic mass is 79.9. The topological polar surface area (TPSA) is 96.0 Å². The number of nitrogens with one attached hydrogen (secondary N) is 1. The number of nitrogens with zero attached hydrogens (tertiary/aromatic N) is 2. The van der Waals surface area contributed by atoms with E-state index in [-0.39, 0.29) is 29.5 Å². The predicted octanol–water partition coefficient (Wildman–Crippen LogP) is 5.04. The van der Waals surface area contributed by atoms with Gasteiger partial charge in [0.1, 0.15) is 18.3 Å². The van der Waals surface area contributed by atoms with Crippen LogP contribution < -0.4 is 14.4 Å². The molecule has 0 bridgehead atoms. The van der Waals surface area contributed by atoms with Gasteiger partial charge in [-0.05, 0) is 59.7 Å². The van der Waals surface area contributed by atoms with Crippen LogP contribution in [0.4, 0.5) is 5.69 Å². The molecule has 1 N–H and O–H groups in total. The summed E-state index contributed by atoms with van der Waals surface area (Å²) >= 11 is 3.48. The molecule has 4 aromatic rings. The van der Waals surface area contributed by atoms with Crippen molar-refractivity contribution in [2.45, 2.75) is 23.9 Å². The van der Waals surface area contributed by atoms with Crippen LogP contribution in [0.25, 0.3) is 0 Å². The molecule has 2 amide bonds. The molecule has 0 saturated heterocycles. The van der Waals surface area contributed by atoms with Crippen molar-refractivity contribution in [2.24, 2.45) is 0 Å². The Morgan fingerprint density at radius 2 is 1.48 bits per heavy atom. The summed E-state index contributed by atoms with van der Waals surface area (Å²) in [6.45, 7) is -0.440. The number of rotatable bonds is 12. The Hall–Kier alpha value is -4.15. The SMILES string of the molecule is CNC(=O)C(Cc1ccccc1)N(Cc1cccc(Br)c1)C(=O)CN(c1ccc(OC)cc1)S(=O)(=O)c1ccccc1. The van der Waals surface area contributed by atoms with Gasteiger partial charge < -0.3 is 15.0 Å². The molecule has 0 heterocycles. The number of hydrogen-bond acceptors (Lipinski definition) is 5. The first kappa shape index (κ1) is 30.8.